The van der Waals surface area contributed by atoms with Crippen LogP contribution in [0.5, 0.6) is 0 Å². The predicted octanol–water partition coefficient (Wildman–Crippen LogP) is 3.82. The van der Waals surface area contributed by atoms with Crippen molar-refractivity contribution in [2.75, 3.05) is 0 Å². The molecule has 2 fully saturated rings. The van der Waals surface area contributed by atoms with Gasteiger partial charge in [0.15, 0.2) is 0 Å². The first kappa shape index (κ1) is 11.2. The average molecular weight is 308 g/mol. The molecule has 0 aliphatic heterocycles. The van der Waals surface area contributed by atoms with Crippen molar-refractivity contribution < 1.29 is 5.11 Å². The van der Waals surface area contributed by atoms with Crippen LogP contribution in [0, 0.1) is 0 Å². The second-order valence-corrected chi connectivity index (χ2v) is 7.18. The van der Waals surface area contributed by atoms with Gasteiger partial charge in [0, 0.05) is 0 Å². The molecular weight excluding hydrogens is 287 g/mol. The summed E-state index contributed by atoms with van der Waals surface area (Å²) >= 11 is 2.57. The molecule has 2 aliphatic rings. The summed E-state index contributed by atoms with van der Waals surface area (Å²) < 4.78 is 0.217. The van der Waals surface area contributed by atoms with Crippen molar-refractivity contribution in [3.8, 4) is 0 Å². The number of hydrogen-bond donors (Lipinski definition) is 1. The Bertz CT molecular complexity index is 188. The van der Waals surface area contributed by atoms with Gasteiger partial charge in [-0.1, -0.05) is 61.1 Å². The summed E-state index contributed by atoms with van der Waals surface area (Å²) in [6.45, 7) is 0. The normalized spacial score (nSPS) is 31.3. The zero-order chi connectivity index (χ0) is 10.1. The quantitative estimate of drug-likeness (QED) is 0.443. The topological polar surface area (TPSA) is 20.2 Å². The fraction of sp³-hybridized carbons (Fsp3) is 1.00. The van der Waals surface area contributed by atoms with Gasteiger partial charge in [0.1, 0.15) is 0 Å². The molecule has 0 amide bonds. The summed E-state index contributed by atoms with van der Waals surface area (Å²) in [6, 6.07) is 0. The van der Waals surface area contributed by atoms with E-state index in [4.69, 9.17) is 0 Å². The van der Waals surface area contributed by atoms with E-state index < -0.39 is 0 Å². The molecule has 14 heavy (non-hydrogen) atoms. The lowest BCUT2D eigenvalue weighted by Crippen LogP contribution is -2.47. The number of alkyl halides is 1. The Morgan fingerprint density at radius 2 is 1.14 bits per heavy atom. The van der Waals surface area contributed by atoms with E-state index in [0.717, 1.165) is 12.8 Å². The van der Waals surface area contributed by atoms with Gasteiger partial charge in [0.05, 0.1) is 9.02 Å². The van der Waals surface area contributed by atoms with Crippen LogP contribution in [0.1, 0.15) is 64.2 Å². The van der Waals surface area contributed by atoms with Crippen molar-refractivity contribution in [3.63, 3.8) is 0 Å². The van der Waals surface area contributed by atoms with E-state index in [0.29, 0.717) is 0 Å². The molecule has 82 valence electrons. The highest BCUT2D eigenvalue weighted by Gasteiger charge is 2.49. The molecule has 0 bridgehead atoms. The summed E-state index contributed by atoms with van der Waals surface area (Å²) in [5, 5.41) is 10.8. The third kappa shape index (κ3) is 1.97. The Kier molecular flexibility index (Phi) is 3.42. The minimum Gasteiger partial charge on any atom is -0.389 e. The van der Waals surface area contributed by atoms with Gasteiger partial charge in [0.2, 0.25) is 0 Å². The van der Waals surface area contributed by atoms with Crippen molar-refractivity contribution in [2.45, 2.75) is 73.2 Å². The SMILES string of the molecule is OC1(C2(I)CCCC2)CCCCCC1. The number of halogens is 1. The van der Waals surface area contributed by atoms with Gasteiger partial charge >= 0.3 is 0 Å². The molecule has 0 aromatic carbocycles. The molecule has 0 saturated heterocycles. The second kappa shape index (κ2) is 4.28. The molecule has 0 radical (unpaired) electrons. The van der Waals surface area contributed by atoms with E-state index in [9.17, 15) is 5.11 Å². The highest BCUT2D eigenvalue weighted by Crippen LogP contribution is 2.50. The van der Waals surface area contributed by atoms with Crippen molar-refractivity contribution in [1.29, 1.82) is 0 Å². The van der Waals surface area contributed by atoms with E-state index in [1.165, 1.54) is 51.4 Å². The van der Waals surface area contributed by atoms with Gasteiger partial charge < -0.3 is 5.11 Å². The molecule has 0 spiro atoms. The summed E-state index contributed by atoms with van der Waals surface area (Å²) in [6.07, 6.45) is 12.4. The Balaban J connectivity index is 2.11. The Hall–Kier alpha value is 0.690. The maximum absolute atomic E-state index is 10.8. The molecule has 0 atom stereocenters. The molecule has 2 aliphatic carbocycles. The highest BCUT2D eigenvalue weighted by atomic mass is 127. The fourth-order valence-corrected chi connectivity index (χ4v) is 4.46. The molecule has 0 unspecified atom stereocenters. The monoisotopic (exact) mass is 308 g/mol. The van der Waals surface area contributed by atoms with Crippen LogP contribution in [0.15, 0.2) is 0 Å². The molecule has 1 nitrogen and oxygen atoms in total. The van der Waals surface area contributed by atoms with Crippen LogP contribution in [0.4, 0.5) is 0 Å². The van der Waals surface area contributed by atoms with E-state index in [-0.39, 0.29) is 9.02 Å². The van der Waals surface area contributed by atoms with Crippen molar-refractivity contribution in [2.24, 2.45) is 0 Å². The first-order valence-corrected chi connectivity index (χ1v) is 7.16. The summed E-state index contributed by atoms with van der Waals surface area (Å²) in [4.78, 5) is 0. The largest absolute Gasteiger partial charge is 0.389 e. The van der Waals surface area contributed by atoms with Gasteiger partial charge in [-0.15, -0.1) is 0 Å². The lowest BCUT2D eigenvalue weighted by Gasteiger charge is -2.41. The third-order valence-electron chi connectivity index (χ3n) is 4.16. The fourth-order valence-electron chi connectivity index (χ4n) is 3.16. The van der Waals surface area contributed by atoms with Crippen LogP contribution in [-0.4, -0.2) is 14.1 Å². The van der Waals surface area contributed by atoms with Crippen molar-refractivity contribution in [1.82, 2.24) is 0 Å². The second-order valence-electron chi connectivity index (χ2n) is 5.12. The van der Waals surface area contributed by atoms with Gasteiger partial charge in [0.25, 0.3) is 0 Å². The van der Waals surface area contributed by atoms with Crippen molar-refractivity contribution in [3.05, 3.63) is 0 Å². The van der Waals surface area contributed by atoms with Gasteiger partial charge in [-0.05, 0) is 25.7 Å². The standard InChI is InChI=1S/C12H21IO/c13-11(7-5-6-8-11)12(14)9-3-1-2-4-10-12/h14H,1-10H2. The van der Waals surface area contributed by atoms with E-state index in [1.807, 2.05) is 0 Å². The first-order valence-electron chi connectivity index (χ1n) is 6.08. The number of aliphatic hydroxyl groups is 1. The van der Waals surface area contributed by atoms with Gasteiger partial charge in [-0.2, -0.15) is 0 Å². The minimum absolute atomic E-state index is 0.217. The first-order chi connectivity index (χ1) is 6.66. The summed E-state index contributed by atoms with van der Waals surface area (Å²) in [5.74, 6) is 0. The van der Waals surface area contributed by atoms with E-state index in [2.05, 4.69) is 22.6 Å². The maximum Gasteiger partial charge on any atom is 0.0792 e. The molecule has 0 aromatic heterocycles. The Morgan fingerprint density at radius 3 is 1.64 bits per heavy atom. The lowest BCUT2D eigenvalue weighted by molar-refractivity contribution is -0.00634. The molecule has 0 aromatic rings. The summed E-state index contributed by atoms with van der Waals surface area (Å²) in [7, 11) is 0. The predicted molar refractivity (Wildman–Crippen MR) is 67.9 cm³/mol. The molecule has 2 rings (SSSR count). The van der Waals surface area contributed by atoms with Gasteiger partial charge in [-0.3, -0.25) is 0 Å². The van der Waals surface area contributed by atoms with Crippen molar-refractivity contribution >= 4 is 22.6 Å². The van der Waals surface area contributed by atoms with Crippen LogP contribution < -0.4 is 0 Å². The molecule has 0 heterocycles. The van der Waals surface area contributed by atoms with Crippen LogP contribution in [-0.2, 0) is 0 Å². The molecule has 2 heteroatoms. The number of hydrogen-bond acceptors (Lipinski definition) is 1. The molecular formula is C12H21IO. The zero-order valence-electron chi connectivity index (χ0n) is 8.90. The van der Waals surface area contributed by atoms with Crippen LogP contribution in [0.3, 0.4) is 0 Å². The highest BCUT2D eigenvalue weighted by molar-refractivity contribution is 14.1. The minimum atomic E-state index is -0.333. The third-order valence-corrected chi connectivity index (χ3v) is 6.24. The molecule has 1 N–H and O–H groups in total. The average Bonchev–Trinajstić information content (AvgIpc) is 2.48. The number of rotatable bonds is 1. The summed E-state index contributed by atoms with van der Waals surface area (Å²) in [5.41, 5.74) is -0.333. The van der Waals surface area contributed by atoms with E-state index in [1.54, 1.807) is 0 Å². The van der Waals surface area contributed by atoms with Crippen LogP contribution in [0.25, 0.3) is 0 Å². The zero-order valence-corrected chi connectivity index (χ0v) is 11.1. The Labute approximate surface area is 101 Å². The smallest absolute Gasteiger partial charge is 0.0792 e. The van der Waals surface area contributed by atoms with Crippen LogP contribution in [0.2, 0.25) is 0 Å². The lowest BCUT2D eigenvalue weighted by atomic mass is 9.80. The molecule has 2 saturated carbocycles. The van der Waals surface area contributed by atoms with Crippen LogP contribution >= 0.6 is 22.6 Å². The van der Waals surface area contributed by atoms with E-state index >= 15 is 0 Å². The maximum atomic E-state index is 10.8. The van der Waals surface area contributed by atoms with Gasteiger partial charge in [-0.25, -0.2) is 0 Å². The Morgan fingerprint density at radius 1 is 0.714 bits per heavy atom.